The first-order valence-corrected chi connectivity index (χ1v) is 7.46. The molecule has 2 N–H and O–H groups in total. The molecule has 0 radical (unpaired) electrons. The molecule has 3 nitrogen and oxygen atoms in total. The van der Waals surface area contributed by atoms with Gasteiger partial charge in [-0.3, -0.25) is 4.79 Å². The summed E-state index contributed by atoms with van der Waals surface area (Å²) in [6.07, 6.45) is 0.783. The molecule has 0 saturated carbocycles. The fourth-order valence-electron chi connectivity index (χ4n) is 1.64. The quantitative estimate of drug-likeness (QED) is 0.885. The van der Waals surface area contributed by atoms with Crippen LogP contribution < -0.4 is 5.73 Å². The molecule has 0 aromatic heterocycles. The van der Waals surface area contributed by atoms with E-state index in [4.69, 9.17) is 17.3 Å². The third kappa shape index (κ3) is 4.79. The van der Waals surface area contributed by atoms with Crippen molar-refractivity contribution in [3.05, 3.63) is 33.3 Å². The molecule has 106 valence electrons. The number of nitrogens with two attached hydrogens (primary N) is 1. The summed E-state index contributed by atoms with van der Waals surface area (Å²) >= 11 is 9.40. The first-order valence-electron chi connectivity index (χ1n) is 6.29. The van der Waals surface area contributed by atoms with Crippen molar-refractivity contribution in [2.45, 2.75) is 26.3 Å². The fourth-order valence-corrected chi connectivity index (χ4v) is 2.20. The molecule has 0 spiro atoms. The molecular weight excluding hydrogens is 328 g/mol. The van der Waals surface area contributed by atoms with Crippen LogP contribution in [0.5, 0.6) is 0 Å². The summed E-state index contributed by atoms with van der Waals surface area (Å²) in [7, 11) is 1.77. The van der Waals surface area contributed by atoms with E-state index in [2.05, 4.69) is 29.8 Å². The van der Waals surface area contributed by atoms with E-state index < -0.39 is 0 Å². The highest BCUT2D eigenvalue weighted by molar-refractivity contribution is 9.10. The molecule has 0 saturated heterocycles. The molecule has 19 heavy (non-hydrogen) atoms. The monoisotopic (exact) mass is 346 g/mol. The van der Waals surface area contributed by atoms with E-state index >= 15 is 0 Å². The summed E-state index contributed by atoms with van der Waals surface area (Å²) in [6, 6.07) is 5.37. The average molecular weight is 348 g/mol. The van der Waals surface area contributed by atoms with Gasteiger partial charge < -0.3 is 10.6 Å². The maximum atomic E-state index is 12.3. The first-order chi connectivity index (χ1) is 8.82. The van der Waals surface area contributed by atoms with Gasteiger partial charge in [0.05, 0.1) is 10.6 Å². The molecule has 0 heterocycles. The van der Waals surface area contributed by atoms with Crippen molar-refractivity contribution in [1.82, 2.24) is 4.90 Å². The van der Waals surface area contributed by atoms with Crippen molar-refractivity contribution in [2.75, 3.05) is 13.6 Å². The summed E-state index contributed by atoms with van der Waals surface area (Å²) < 4.78 is 0.840. The maximum Gasteiger partial charge on any atom is 0.255 e. The van der Waals surface area contributed by atoms with E-state index in [0.717, 1.165) is 10.9 Å². The predicted octanol–water partition coefficient (Wildman–Crippen LogP) is 3.55. The Morgan fingerprint density at radius 2 is 2.11 bits per heavy atom. The van der Waals surface area contributed by atoms with Crippen LogP contribution in [0, 0.1) is 5.92 Å². The number of benzene rings is 1. The molecule has 1 unspecified atom stereocenters. The van der Waals surface area contributed by atoms with Gasteiger partial charge >= 0.3 is 0 Å². The van der Waals surface area contributed by atoms with Gasteiger partial charge in [0.15, 0.2) is 0 Å². The topological polar surface area (TPSA) is 46.3 Å². The van der Waals surface area contributed by atoms with Gasteiger partial charge in [-0.1, -0.05) is 41.4 Å². The van der Waals surface area contributed by atoms with E-state index in [9.17, 15) is 4.79 Å². The molecule has 0 aliphatic heterocycles. The molecular formula is C14H20BrClN2O. The lowest BCUT2D eigenvalue weighted by atomic mass is 10.0. The normalized spacial score (nSPS) is 12.6. The van der Waals surface area contributed by atoms with Crippen molar-refractivity contribution < 1.29 is 4.79 Å². The Hall–Kier alpha value is -0.580. The number of nitrogens with zero attached hydrogens (tertiary/aromatic N) is 1. The third-order valence-corrected chi connectivity index (χ3v) is 3.98. The number of hydrogen-bond donors (Lipinski definition) is 1. The molecule has 1 rings (SSSR count). The molecule has 1 aromatic rings. The highest BCUT2D eigenvalue weighted by atomic mass is 79.9. The van der Waals surface area contributed by atoms with Crippen molar-refractivity contribution >= 4 is 33.4 Å². The van der Waals surface area contributed by atoms with E-state index in [0.29, 0.717) is 23.0 Å². The van der Waals surface area contributed by atoms with Crippen LogP contribution in [0.25, 0.3) is 0 Å². The maximum absolute atomic E-state index is 12.3. The zero-order valence-corrected chi connectivity index (χ0v) is 13.8. The van der Waals surface area contributed by atoms with Crippen LogP contribution in [-0.4, -0.2) is 30.4 Å². The SMILES string of the molecule is CC(C)C(N)CCN(C)C(=O)c1cc(Br)ccc1Cl. The van der Waals surface area contributed by atoms with Crippen molar-refractivity contribution in [1.29, 1.82) is 0 Å². The number of halogens is 2. The Labute approximate surface area is 128 Å². The molecule has 0 fully saturated rings. The largest absolute Gasteiger partial charge is 0.342 e. The zero-order chi connectivity index (χ0) is 14.6. The number of amides is 1. The Kier molecular flexibility index (Phi) is 6.30. The minimum Gasteiger partial charge on any atom is -0.342 e. The van der Waals surface area contributed by atoms with Gasteiger partial charge in [-0.25, -0.2) is 0 Å². The van der Waals surface area contributed by atoms with Gasteiger partial charge in [0, 0.05) is 24.1 Å². The Morgan fingerprint density at radius 1 is 1.47 bits per heavy atom. The third-order valence-electron chi connectivity index (χ3n) is 3.16. The van der Waals surface area contributed by atoms with Crippen LogP contribution in [0.15, 0.2) is 22.7 Å². The number of carbonyl (C=O) groups excluding carboxylic acids is 1. The van der Waals surface area contributed by atoms with Crippen molar-refractivity contribution in [2.24, 2.45) is 11.7 Å². The molecule has 1 atom stereocenters. The van der Waals surface area contributed by atoms with Crippen molar-refractivity contribution in [3.63, 3.8) is 0 Å². The molecule has 0 aliphatic carbocycles. The highest BCUT2D eigenvalue weighted by Crippen LogP contribution is 2.22. The second-order valence-corrected chi connectivity index (χ2v) is 6.37. The lowest BCUT2D eigenvalue weighted by Gasteiger charge is -2.22. The summed E-state index contributed by atoms with van der Waals surface area (Å²) in [5.41, 5.74) is 6.50. The van der Waals surface area contributed by atoms with E-state index in [1.54, 1.807) is 24.1 Å². The number of carbonyl (C=O) groups is 1. The van der Waals surface area contributed by atoms with Crippen LogP contribution in [0.2, 0.25) is 5.02 Å². The zero-order valence-electron chi connectivity index (χ0n) is 11.5. The fraction of sp³-hybridized carbons (Fsp3) is 0.500. The second-order valence-electron chi connectivity index (χ2n) is 5.05. The lowest BCUT2D eigenvalue weighted by molar-refractivity contribution is 0.0789. The molecule has 1 aromatic carbocycles. The Morgan fingerprint density at radius 3 is 2.68 bits per heavy atom. The smallest absolute Gasteiger partial charge is 0.255 e. The molecule has 0 bridgehead atoms. The van der Waals surface area contributed by atoms with Gasteiger partial charge in [0.25, 0.3) is 5.91 Å². The van der Waals surface area contributed by atoms with Crippen LogP contribution >= 0.6 is 27.5 Å². The standard InChI is InChI=1S/C14H20BrClN2O/c1-9(2)13(17)6-7-18(3)14(19)11-8-10(15)4-5-12(11)16/h4-5,8-9,13H,6-7,17H2,1-3H3. The Bertz CT molecular complexity index is 451. The minimum absolute atomic E-state index is 0.0812. The van der Waals surface area contributed by atoms with E-state index in [-0.39, 0.29) is 11.9 Å². The molecule has 5 heteroatoms. The van der Waals surface area contributed by atoms with Gasteiger partial charge in [-0.15, -0.1) is 0 Å². The summed E-state index contributed by atoms with van der Waals surface area (Å²) in [4.78, 5) is 13.9. The predicted molar refractivity (Wildman–Crippen MR) is 83.5 cm³/mol. The van der Waals surface area contributed by atoms with Crippen LogP contribution in [0.3, 0.4) is 0 Å². The molecule has 1 amide bonds. The van der Waals surface area contributed by atoms with Gasteiger partial charge in [0.2, 0.25) is 0 Å². The highest BCUT2D eigenvalue weighted by Gasteiger charge is 2.17. The van der Waals surface area contributed by atoms with E-state index in [1.807, 2.05) is 6.07 Å². The molecule has 0 aliphatic rings. The average Bonchev–Trinajstić information content (AvgIpc) is 2.37. The van der Waals surface area contributed by atoms with Crippen LogP contribution in [0.1, 0.15) is 30.6 Å². The lowest BCUT2D eigenvalue weighted by Crippen LogP contribution is -2.34. The summed E-state index contributed by atoms with van der Waals surface area (Å²) in [6.45, 7) is 4.79. The Balaban J connectivity index is 2.69. The van der Waals surface area contributed by atoms with Gasteiger partial charge in [-0.05, 0) is 30.5 Å². The van der Waals surface area contributed by atoms with Crippen molar-refractivity contribution in [3.8, 4) is 0 Å². The van der Waals surface area contributed by atoms with Crippen LogP contribution in [0.4, 0.5) is 0 Å². The van der Waals surface area contributed by atoms with Gasteiger partial charge in [0.1, 0.15) is 0 Å². The van der Waals surface area contributed by atoms with Crippen LogP contribution in [-0.2, 0) is 0 Å². The summed E-state index contributed by atoms with van der Waals surface area (Å²) in [5.74, 6) is 0.334. The number of rotatable bonds is 5. The minimum atomic E-state index is -0.0812. The second kappa shape index (κ2) is 7.27. The van der Waals surface area contributed by atoms with Gasteiger partial charge in [-0.2, -0.15) is 0 Å². The summed E-state index contributed by atoms with van der Waals surface area (Å²) in [5, 5.41) is 0.466. The number of hydrogen-bond acceptors (Lipinski definition) is 2. The first kappa shape index (κ1) is 16.5. The van der Waals surface area contributed by atoms with E-state index in [1.165, 1.54) is 0 Å².